The maximum absolute atomic E-state index is 11.2. The molecule has 8 aromatic rings. The lowest BCUT2D eigenvalue weighted by Gasteiger charge is -2.05. The number of carboxylic acid groups (broad SMARTS) is 2. The Morgan fingerprint density at radius 2 is 0.667 bits per heavy atom. The van der Waals surface area contributed by atoms with Gasteiger partial charge in [0, 0.05) is 40.8 Å². The van der Waals surface area contributed by atoms with Crippen molar-refractivity contribution < 1.29 is 19.8 Å². The van der Waals surface area contributed by atoms with E-state index in [1.54, 1.807) is 24.3 Å². The molecule has 0 fully saturated rings. The predicted octanol–water partition coefficient (Wildman–Crippen LogP) is 12.4. The maximum Gasteiger partial charge on any atom is 0.337 e. The van der Waals surface area contributed by atoms with E-state index in [0.717, 1.165) is 66.9 Å². The number of carbonyl (C=O) groups is 2. The summed E-state index contributed by atoms with van der Waals surface area (Å²) < 4.78 is 0. The van der Waals surface area contributed by atoms with Crippen LogP contribution < -0.4 is 0 Å². The first-order chi connectivity index (χ1) is 29.3. The zero-order valence-electron chi connectivity index (χ0n) is 32.3. The molecule has 0 amide bonds. The smallest absolute Gasteiger partial charge is 0.337 e. The zero-order chi connectivity index (χ0) is 41.3. The van der Waals surface area contributed by atoms with Gasteiger partial charge >= 0.3 is 11.9 Å². The van der Waals surface area contributed by atoms with Gasteiger partial charge in [0.15, 0.2) is 0 Å². The molecule has 0 aliphatic heterocycles. The van der Waals surface area contributed by atoms with Crippen LogP contribution in [0.1, 0.15) is 54.1 Å². The molecule has 7 nitrogen and oxygen atoms in total. The van der Waals surface area contributed by atoms with Crippen LogP contribution in [0.5, 0.6) is 0 Å². The Morgan fingerprint density at radius 3 is 0.983 bits per heavy atom. The number of hydrogen-bond donors (Lipinski definition) is 2. The Morgan fingerprint density at radius 1 is 0.333 bits per heavy atom. The average molecular weight is 780 g/mol. The molecule has 2 N–H and O–H groups in total. The molecule has 0 atom stereocenters. The quantitative estimate of drug-likeness (QED) is 0.119. The normalized spacial score (nSPS) is 11.4. The first-order valence-corrected chi connectivity index (χ1v) is 19.2. The summed E-state index contributed by atoms with van der Waals surface area (Å²) in [6.45, 7) is 0. The van der Waals surface area contributed by atoms with Crippen LogP contribution in [0.4, 0.5) is 0 Å². The number of hydrogen-bond acceptors (Lipinski definition) is 5. The van der Waals surface area contributed by atoms with Crippen LogP contribution in [-0.2, 0) is 0 Å². The highest BCUT2D eigenvalue weighted by atomic mass is 16.4. The van der Waals surface area contributed by atoms with Crippen molar-refractivity contribution in [3.8, 4) is 44.9 Å². The van der Waals surface area contributed by atoms with Gasteiger partial charge in [-0.15, -0.1) is 0 Å². The SMILES string of the molecule is O=C(O)c1ccc(-c2ccc(/C=C/c3cc(/C=C/c4ccc(-c5ccc(C(=O)O)cn5)cc4)cc(/C=C/c4ccc(-c5ccc(-c6ccccc6)cn5)cc4)c3)cc2)nc1. The van der Waals surface area contributed by atoms with Gasteiger partial charge in [-0.3, -0.25) is 15.0 Å². The fraction of sp³-hybridized carbons (Fsp3) is 0. The van der Waals surface area contributed by atoms with E-state index in [4.69, 9.17) is 4.98 Å². The topological polar surface area (TPSA) is 113 Å². The molecule has 60 heavy (non-hydrogen) atoms. The van der Waals surface area contributed by atoms with Crippen molar-refractivity contribution in [2.75, 3.05) is 0 Å². The molecule has 0 spiro atoms. The van der Waals surface area contributed by atoms with E-state index in [1.165, 1.54) is 12.4 Å². The van der Waals surface area contributed by atoms with Gasteiger partial charge in [0.1, 0.15) is 0 Å². The van der Waals surface area contributed by atoms with Crippen molar-refractivity contribution >= 4 is 48.4 Å². The molecule has 8 rings (SSSR count). The lowest BCUT2D eigenvalue weighted by atomic mass is 10.0. The number of aromatic carboxylic acids is 2. The number of carboxylic acids is 2. The Hall–Kier alpha value is -8.29. The van der Waals surface area contributed by atoms with Crippen molar-refractivity contribution in [3.63, 3.8) is 0 Å². The minimum Gasteiger partial charge on any atom is -0.478 e. The highest BCUT2D eigenvalue weighted by molar-refractivity contribution is 5.88. The lowest BCUT2D eigenvalue weighted by Crippen LogP contribution is -1.96. The first kappa shape index (κ1) is 38.6. The summed E-state index contributed by atoms with van der Waals surface area (Å²) in [5.41, 5.74) is 13.9. The third-order valence-electron chi connectivity index (χ3n) is 9.92. The van der Waals surface area contributed by atoms with E-state index in [0.29, 0.717) is 11.4 Å². The van der Waals surface area contributed by atoms with Crippen LogP contribution in [0.3, 0.4) is 0 Å². The molecule has 0 aliphatic carbocycles. The van der Waals surface area contributed by atoms with E-state index in [1.807, 2.05) is 72.9 Å². The van der Waals surface area contributed by atoms with Gasteiger partial charge in [0.25, 0.3) is 0 Å². The van der Waals surface area contributed by atoms with Crippen LogP contribution in [0, 0.1) is 0 Å². The van der Waals surface area contributed by atoms with Crippen molar-refractivity contribution in [2.45, 2.75) is 0 Å². The Kier molecular flexibility index (Phi) is 11.5. The third-order valence-corrected chi connectivity index (χ3v) is 9.92. The van der Waals surface area contributed by atoms with Crippen LogP contribution >= 0.6 is 0 Å². The standard InChI is InChI=1S/C53H37N3O4/c57-52(58)47-25-28-50(55-34-47)44-20-14-37(15-21-44)7-10-40-30-39(9-6-36-12-18-43(19-13-36)49-27-24-46(33-54-49)42-4-2-1-3-5-42)31-41(32-40)11-8-38-16-22-45(23-17-38)51-29-26-48(35-56-51)53(59)60/h1-35H,(H,57,58)(H,59,60)/b9-6+,10-7+,11-8+. The number of nitrogens with zero attached hydrogens (tertiary/aromatic N) is 3. The predicted molar refractivity (Wildman–Crippen MR) is 242 cm³/mol. The summed E-state index contributed by atoms with van der Waals surface area (Å²) in [5.74, 6) is -2.01. The van der Waals surface area contributed by atoms with Gasteiger partial charge < -0.3 is 10.2 Å². The molecule has 5 aromatic carbocycles. The molecule has 7 heteroatoms. The molecule has 0 bridgehead atoms. The van der Waals surface area contributed by atoms with Gasteiger partial charge in [0.2, 0.25) is 0 Å². The molecule has 0 saturated heterocycles. The number of rotatable bonds is 12. The highest BCUT2D eigenvalue weighted by Crippen LogP contribution is 2.25. The van der Waals surface area contributed by atoms with Gasteiger partial charge in [0.05, 0.1) is 28.2 Å². The summed E-state index contributed by atoms with van der Waals surface area (Å²) in [4.78, 5) is 35.8. The van der Waals surface area contributed by atoms with Crippen molar-refractivity contribution in [2.24, 2.45) is 0 Å². The fourth-order valence-corrected chi connectivity index (χ4v) is 6.61. The van der Waals surface area contributed by atoms with E-state index in [-0.39, 0.29) is 11.1 Å². The van der Waals surface area contributed by atoms with E-state index < -0.39 is 11.9 Å². The fourth-order valence-electron chi connectivity index (χ4n) is 6.61. The van der Waals surface area contributed by atoms with E-state index in [9.17, 15) is 19.8 Å². The maximum atomic E-state index is 11.2. The first-order valence-electron chi connectivity index (χ1n) is 19.2. The largest absolute Gasteiger partial charge is 0.478 e. The summed E-state index contributed by atoms with van der Waals surface area (Å²) in [6, 6.07) is 51.7. The summed E-state index contributed by atoms with van der Waals surface area (Å²) in [5, 5.41) is 18.4. The highest BCUT2D eigenvalue weighted by Gasteiger charge is 2.07. The molecule has 288 valence electrons. The number of aromatic nitrogens is 3. The van der Waals surface area contributed by atoms with Gasteiger partial charge in [-0.1, -0.05) is 146 Å². The molecule has 3 aromatic heterocycles. The molecular formula is C53H37N3O4. The van der Waals surface area contributed by atoms with Crippen molar-refractivity contribution in [1.82, 2.24) is 15.0 Å². The Balaban J connectivity index is 1.02. The second-order valence-electron chi connectivity index (χ2n) is 14.1. The number of pyridine rings is 3. The van der Waals surface area contributed by atoms with Gasteiger partial charge in [-0.05, 0) is 87.5 Å². The van der Waals surface area contributed by atoms with Crippen molar-refractivity contribution in [1.29, 1.82) is 0 Å². The number of benzene rings is 5. The zero-order valence-corrected chi connectivity index (χ0v) is 32.3. The molecule has 3 heterocycles. The molecular weight excluding hydrogens is 743 g/mol. The molecule has 0 aliphatic rings. The van der Waals surface area contributed by atoms with Gasteiger partial charge in [-0.2, -0.15) is 0 Å². The summed E-state index contributed by atoms with van der Waals surface area (Å²) >= 11 is 0. The Bertz CT molecular complexity index is 2720. The van der Waals surface area contributed by atoms with Crippen molar-refractivity contribution in [3.05, 3.63) is 221 Å². The summed E-state index contributed by atoms with van der Waals surface area (Å²) in [7, 11) is 0. The third kappa shape index (κ3) is 9.62. The Labute approximate surface area is 347 Å². The van der Waals surface area contributed by atoms with Gasteiger partial charge in [-0.25, -0.2) is 9.59 Å². The van der Waals surface area contributed by atoms with Crippen LogP contribution in [0.15, 0.2) is 176 Å². The summed E-state index contributed by atoms with van der Waals surface area (Å²) in [6.07, 6.45) is 17.2. The lowest BCUT2D eigenvalue weighted by molar-refractivity contribution is 0.0685. The second kappa shape index (κ2) is 17.9. The molecule has 0 radical (unpaired) electrons. The van der Waals surface area contributed by atoms with Crippen LogP contribution in [0.25, 0.3) is 81.4 Å². The molecule has 0 unspecified atom stereocenters. The second-order valence-corrected chi connectivity index (χ2v) is 14.1. The average Bonchev–Trinajstić information content (AvgIpc) is 3.30. The van der Waals surface area contributed by atoms with E-state index in [2.05, 4.69) is 113 Å². The van der Waals surface area contributed by atoms with Crippen LogP contribution in [0.2, 0.25) is 0 Å². The molecule has 0 saturated carbocycles. The minimum atomic E-state index is -1.00. The minimum absolute atomic E-state index is 0.151. The van der Waals surface area contributed by atoms with Crippen LogP contribution in [-0.4, -0.2) is 37.1 Å². The van der Waals surface area contributed by atoms with E-state index >= 15 is 0 Å². The monoisotopic (exact) mass is 779 g/mol.